The molecule has 1 aliphatic rings. The number of carbonyl (C=O) groups is 3. The van der Waals surface area contributed by atoms with Crippen LogP contribution in [0.15, 0.2) is 18.2 Å². The number of hydrogen-bond donors (Lipinski definition) is 6. The van der Waals surface area contributed by atoms with Crippen LogP contribution in [0, 0.1) is 0 Å². The Morgan fingerprint density at radius 2 is 1.85 bits per heavy atom. The maximum absolute atomic E-state index is 11.6. The van der Waals surface area contributed by atoms with Crippen LogP contribution in [0.25, 0.3) is 10.9 Å². The summed E-state index contributed by atoms with van der Waals surface area (Å²) in [4.78, 5) is 33.2. The summed E-state index contributed by atoms with van der Waals surface area (Å²) in [5, 5.41) is 28.2. The first-order valence-electron chi connectivity index (χ1n) is 8.53. The molecule has 0 radical (unpaired) electrons. The van der Waals surface area contributed by atoms with Crippen LogP contribution in [0.1, 0.15) is 41.9 Å². The first-order valence-corrected chi connectivity index (χ1v) is 8.53. The number of rotatable bonds is 3. The third-order valence-corrected chi connectivity index (χ3v) is 4.30. The van der Waals surface area contributed by atoms with Crippen LogP contribution >= 0.6 is 0 Å². The van der Waals surface area contributed by atoms with E-state index in [0.717, 1.165) is 30.2 Å². The lowest BCUT2D eigenvalue weighted by atomic mass is 9.90. The lowest BCUT2D eigenvalue weighted by molar-refractivity contribution is -0.159. The van der Waals surface area contributed by atoms with Gasteiger partial charge in [-0.1, -0.05) is 13.8 Å². The number of hydrogen-bond acceptors (Lipinski definition) is 5. The number of carbonyl (C=O) groups excluding carboxylic acids is 1. The number of fused-ring (bicyclic) bond motifs is 3. The normalized spacial score (nSPS) is 15.6. The fourth-order valence-electron chi connectivity index (χ4n) is 3.24. The fourth-order valence-corrected chi connectivity index (χ4v) is 3.24. The number of H-pyrrole nitrogens is 1. The molecule has 0 bridgehead atoms. The largest absolute Gasteiger partial charge is 0.473 e. The molecule has 9 nitrogen and oxygen atoms in total. The average molecular weight is 377 g/mol. The molecule has 1 amide bonds. The standard InChI is InChI=1S/C16H21N3O2.C2H2O4/c1-9(2)17-11-4-6-15-13(8-11)12-7-10(16(20)19-21)3-5-14(12)18-15;3-1(4)2(5)6/h3,5,7,9,11,17-18,21H,4,6,8H2,1-2H3,(H,19,20);(H,3,4)(H,5,6). The Morgan fingerprint density at radius 3 is 2.41 bits per heavy atom. The molecule has 0 spiro atoms. The highest BCUT2D eigenvalue weighted by Gasteiger charge is 2.23. The van der Waals surface area contributed by atoms with Crippen molar-refractivity contribution in [3.8, 4) is 0 Å². The van der Waals surface area contributed by atoms with Crippen molar-refractivity contribution in [3.05, 3.63) is 35.0 Å². The molecule has 1 aromatic heterocycles. The van der Waals surface area contributed by atoms with Crippen molar-refractivity contribution in [1.82, 2.24) is 15.8 Å². The highest BCUT2D eigenvalue weighted by Crippen LogP contribution is 2.30. The minimum absolute atomic E-state index is 0.470. The summed E-state index contributed by atoms with van der Waals surface area (Å²) in [6.07, 6.45) is 3.12. The molecule has 0 saturated carbocycles. The minimum Gasteiger partial charge on any atom is -0.473 e. The van der Waals surface area contributed by atoms with Gasteiger partial charge in [-0.3, -0.25) is 10.0 Å². The van der Waals surface area contributed by atoms with Gasteiger partial charge in [0.25, 0.3) is 5.91 Å². The van der Waals surface area contributed by atoms with Gasteiger partial charge in [0.15, 0.2) is 0 Å². The molecule has 0 fully saturated rings. The quantitative estimate of drug-likeness (QED) is 0.268. The zero-order valence-electron chi connectivity index (χ0n) is 15.1. The summed E-state index contributed by atoms with van der Waals surface area (Å²) in [5.41, 5.74) is 5.79. The summed E-state index contributed by atoms with van der Waals surface area (Å²) in [6.45, 7) is 4.32. The number of aromatic nitrogens is 1. The predicted octanol–water partition coefficient (Wildman–Crippen LogP) is 1.30. The molecule has 0 saturated heterocycles. The molecule has 6 N–H and O–H groups in total. The van der Waals surface area contributed by atoms with Gasteiger partial charge in [0.05, 0.1) is 0 Å². The Kier molecular flexibility index (Phi) is 6.54. The van der Waals surface area contributed by atoms with Crippen LogP contribution in [0.2, 0.25) is 0 Å². The van der Waals surface area contributed by atoms with E-state index in [1.54, 1.807) is 11.5 Å². The van der Waals surface area contributed by atoms with Crippen molar-refractivity contribution in [1.29, 1.82) is 0 Å². The van der Waals surface area contributed by atoms with E-state index in [0.29, 0.717) is 17.6 Å². The number of aliphatic carboxylic acids is 2. The Hall–Kier alpha value is -2.91. The summed E-state index contributed by atoms with van der Waals surface area (Å²) in [5.74, 6) is -4.12. The molecule has 1 aromatic carbocycles. The first kappa shape index (κ1) is 20.4. The first-order chi connectivity index (χ1) is 12.7. The number of carboxylic acid groups (broad SMARTS) is 2. The maximum atomic E-state index is 11.6. The Labute approximate surface area is 155 Å². The van der Waals surface area contributed by atoms with Gasteiger partial charge in [0.2, 0.25) is 0 Å². The number of carboxylic acids is 2. The Bertz CT molecular complexity index is 846. The van der Waals surface area contributed by atoms with Gasteiger partial charge < -0.3 is 20.5 Å². The Balaban J connectivity index is 0.000000380. The second-order valence-electron chi connectivity index (χ2n) is 6.65. The van der Waals surface area contributed by atoms with Crippen LogP contribution in [0.4, 0.5) is 0 Å². The van der Waals surface area contributed by atoms with Crippen LogP contribution in [0.3, 0.4) is 0 Å². The molecule has 1 atom stereocenters. The van der Waals surface area contributed by atoms with E-state index >= 15 is 0 Å². The SMILES string of the molecule is CC(C)NC1CCc2[nH]c3ccc(C(=O)NO)cc3c2C1.O=C(O)C(=O)O. The number of hydroxylamine groups is 1. The molecule has 3 rings (SSSR count). The van der Waals surface area contributed by atoms with Crippen molar-refractivity contribution in [3.63, 3.8) is 0 Å². The van der Waals surface area contributed by atoms with Gasteiger partial charge in [0, 0.05) is 34.2 Å². The van der Waals surface area contributed by atoms with Gasteiger partial charge in [-0.2, -0.15) is 0 Å². The van der Waals surface area contributed by atoms with E-state index in [1.807, 2.05) is 12.1 Å². The number of benzene rings is 1. The third-order valence-electron chi connectivity index (χ3n) is 4.30. The van der Waals surface area contributed by atoms with Gasteiger partial charge in [-0.25, -0.2) is 15.1 Å². The zero-order valence-corrected chi connectivity index (χ0v) is 15.1. The predicted molar refractivity (Wildman–Crippen MR) is 96.9 cm³/mol. The number of aromatic amines is 1. The Morgan fingerprint density at radius 1 is 1.19 bits per heavy atom. The van der Waals surface area contributed by atoms with E-state index in [2.05, 4.69) is 24.1 Å². The topological polar surface area (TPSA) is 152 Å². The van der Waals surface area contributed by atoms with Crippen molar-refractivity contribution in [2.24, 2.45) is 0 Å². The smallest absolute Gasteiger partial charge is 0.414 e. The molecule has 1 aliphatic carbocycles. The molecule has 1 unspecified atom stereocenters. The van der Waals surface area contributed by atoms with Gasteiger partial charge in [-0.15, -0.1) is 0 Å². The second kappa shape index (κ2) is 8.65. The molecular weight excluding hydrogens is 354 g/mol. The average Bonchev–Trinajstić information content (AvgIpc) is 2.98. The molecule has 9 heteroatoms. The summed E-state index contributed by atoms with van der Waals surface area (Å²) < 4.78 is 0. The van der Waals surface area contributed by atoms with E-state index in [1.165, 1.54) is 11.3 Å². The van der Waals surface area contributed by atoms with Crippen LogP contribution in [-0.4, -0.2) is 50.3 Å². The van der Waals surface area contributed by atoms with Crippen LogP contribution in [0.5, 0.6) is 0 Å². The van der Waals surface area contributed by atoms with Gasteiger partial charge in [-0.05, 0) is 43.0 Å². The van der Waals surface area contributed by atoms with Crippen LogP contribution < -0.4 is 10.8 Å². The van der Waals surface area contributed by atoms with Gasteiger partial charge in [0.1, 0.15) is 0 Å². The molecule has 1 heterocycles. The number of nitrogens with one attached hydrogen (secondary N) is 3. The monoisotopic (exact) mass is 377 g/mol. The second-order valence-corrected chi connectivity index (χ2v) is 6.65. The molecule has 0 aliphatic heterocycles. The van der Waals surface area contributed by atoms with Crippen molar-refractivity contribution < 1.29 is 29.8 Å². The molecular formula is C18H23N3O6. The summed E-state index contributed by atoms with van der Waals surface area (Å²) >= 11 is 0. The third kappa shape index (κ3) is 5.05. The highest BCUT2D eigenvalue weighted by molar-refractivity contribution is 6.27. The summed E-state index contributed by atoms with van der Waals surface area (Å²) in [6, 6.07) is 6.43. The fraction of sp³-hybridized carbons (Fsp3) is 0.389. The molecule has 27 heavy (non-hydrogen) atoms. The maximum Gasteiger partial charge on any atom is 0.414 e. The van der Waals surface area contributed by atoms with Crippen molar-refractivity contribution >= 4 is 28.7 Å². The van der Waals surface area contributed by atoms with E-state index in [-0.39, 0.29) is 0 Å². The van der Waals surface area contributed by atoms with Crippen molar-refractivity contribution in [2.75, 3.05) is 0 Å². The van der Waals surface area contributed by atoms with Crippen LogP contribution in [-0.2, 0) is 22.4 Å². The van der Waals surface area contributed by atoms with Gasteiger partial charge >= 0.3 is 11.9 Å². The number of amides is 1. The van der Waals surface area contributed by atoms with E-state index in [9.17, 15) is 4.79 Å². The number of aryl methyl sites for hydroxylation is 1. The zero-order chi connectivity index (χ0) is 20.1. The minimum atomic E-state index is -1.82. The lowest BCUT2D eigenvalue weighted by Gasteiger charge is -2.25. The van der Waals surface area contributed by atoms with E-state index < -0.39 is 17.8 Å². The molecule has 2 aromatic rings. The highest BCUT2D eigenvalue weighted by atomic mass is 16.5. The van der Waals surface area contributed by atoms with E-state index in [4.69, 9.17) is 25.0 Å². The lowest BCUT2D eigenvalue weighted by Crippen LogP contribution is -2.38. The molecule has 146 valence electrons. The van der Waals surface area contributed by atoms with Crippen molar-refractivity contribution in [2.45, 2.75) is 45.2 Å². The summed E-state index contributed by atoms with van der Waals surface area (Å²) in [7, 11) is 0.